The molecule has 0 aromatic heterocycles. The van der Waals surface area contributed by atoms with Crippen molar-refractivity contribution in [3.63, 3.8) is 0 Å². The third-order valence-corrected chi connectivity index (χ3v) is 3.65. The van der Waals surface area contributed by atoms with Crippen LogP contribution in [0.15, 0.2) is 36.4 Å². The van der Waals surface area contributed by atoms with Gasteiger partial charge in [-0.05, 0) is 35.9 Å². The molecule has 3 rings (SSSR count). The number of nitrogens with one attached hydrogen (secondary N) is 2. The smallest absolute Gasteiger partial charge is 0.313 e. The fourth-order valence-corrected chi connectivity index (χ4v) is 2.65. The highest BCUT2D eigenvalue weighted by Gasteiger charge is 2.16. The van der Waals surface area contributed by atoms with Gasteiger partial charge in [0.15, 0.2) is 11.5 Å². The first kappa shape index (κ1) is 16.4. The molecule has 2 aromatic rings. The highest BCUT2D eigenvalue weighted by Crippen LogP contribution is 2.32. The van der Waals surface area contributed by atoms with Gasteiger partial charge in [0, 0.05) is 22.3 Å². The second-order valence-corrected chi connectivity index (χ2v) is 5.86. The summed E-state index contributed by atoms with van der Waals surface area (Å²) >= 11 is 11.7. The van der Waals surface area contributed by atoms with Crippen LogP contribution in [0.2, 0.25) is 10.0 Å². The van der Waals surface area contributed by atoms with E-state index in [-0.39, 0.29) is 13.3 Å². The first-order chi connectivity index (χ1) is 11.5. The Kier molecular flexibility index (Phi) is 4.78. The molecule has 2 N–H and O–H groups in total. The van der Waals surface area contributed by atoms with Crippen LogP contribution in [0.4, 0.5) is 5.69 Å². The zero-order valence-corrected chi connectivity index (χ0v) is 13.8. The minimum Gasteiger partial charge on any atom is -0.454 e. The third-order valence-electron chi connectivity index (χ3n) is 3.22. The largest absolute Gasteiger partial charge is 0.454 e. The number of carbonyl (C=O) groups excluding carboxylic acids is 2. The van der Waals surface area contributed by atoms with E-state index >= 15 is 0 Å². The lowest BCUT2D eigenvalue weighted by Gasteiger charge is -2.08. The Morgan fingerprint density at radius 3 is 2.42 bits per heavy atom. The lowest BCUT2D eigenvalue weighted by Crippen LogP contribution is -2.34. The number of hydrogen-bond acceptors (Lipinski definition) is 4. The van der Waals surface area contributed by atoms with Crippen LogP contribution in [0, 0.1) is 0 Å². The van der Waals surface area contributed by atoms with Crippen LogP contribution in [0.25, 0.3) is 0 Å². The van der Waals surface area contributed by atoms with Crippen LogP contribution < -0.4 is 20.1 Å². The van der Waals surface area contributed by atoms with E-state index in [0.717, 1.165) is 5.56 Å². The van der Waals surface area contributed by atoms with Crippen LogP contribution >= 0.6 is 23.2 Å². The van der Waals surface area contributed by atoms with Gasteiger partial charge in [0.05, 0.1) is 0 Å². The summed E-state index contributed by atoms with van der Waals surface area (Å²) in [7, 11) is 0. The molecule has 24 heavy (non-hydrogen) atoms. The van der Waals surface area contributed by atoms with Gasteiger partial charge in [-0.1, -0.05) is 29.3 Å². The maximum absolute atomic E-state index is 11.9. The average Bonchev–Trinajstić information content (AvgIpc) is 2.99. The predicted octanol–water partition coefficient (Wildman–Crippen LogP) is 2.98. The number of anilines is 1. The van der Waals surface area contributed by atoms with E-state index in [9.17, 15) is 9.59 Å². The molecule has 1 heterocycles. The van der Waals surface area contributed by atoms with Crippen molar-refractivity contribution in [3.05, 3.63) is 52.0 Å². The van der Waals surface area contributed by atoms with Crippen molar-refractivity contribution in [2.45, 2.75) is 6.54 Å². The van der Waals surface area contributed by atoms with Crippen molar-refractivity contribution in [2.24, 2.45) is 0 Å². The van der Waals surface area contributed by atoms with Gasteiger partial charge in [-0.2, -0.15) is 0 Å². The van der Waals surface area contributed by atoms with Crippen molar-refractivity contribution < 1.29 is 19.1 Å². The maximum atomic E-state index is 11.9. The van der Waals surface area contributed by atoms with Crippen LogP contribution in [0.3, 0.4) is 0 Å². The van der Waals surface area contributed by atoms with Gasteiger partial charge in [-0.15, -0.1) is 0 Å². The molecule has 0 atom stereocenters. The molecular weight excluding hydrogens is 355 g/mol. The highest BCUT2D eigenvalue weighted by atomic mass is 35.5. The summed E-state index contributed by atoms with van der Waals surface area (Å²) in [5.41, 5.74) is 1.13. The molecule has 0 saturated heterocycles. The summed E-state index contributed by atoms with van der Waals surface area (Å²) < 4.78 is 10.5. The molecule has 8 heteroatoms. The Labute approximate surface area is 147 Å². The topological polar surface area (TPSA) is 76.7 Å². The van der Waals surface area contributed by atoms with Gasteiger partial charge in [-0.25, -0.2) is 0 Å². The van der Waals surface area contributed by atoms with E-state index in [1.165, 1.54) is 18.2 Å². The second-order valence-electron chi connectivity index (χ2n) is 4.98. The molecule has 2 aromatic carbocycles. The number of halogens is 2. The zero-order valence-electron chi connectivity index (χ0n) is 12.3. The number of carbonyl (C=O) groups is 2. The molecule has 0 radical (unpaired) electrons. The number of amides is 2. The molecule has 124 valence electrons. The van der Waals surface area contributed by atoms with E-state index in [0.29, 0.717) is 27.2 Å². The number of ether oxygens (including phenoxy) is 2. The van der Waals surface area contributed by atoms with Gasteiger partial charge >= 0.3 is 11.8 Å². The Hall–Kier alpha value is -2.44. The molecule has 2 amide bonds. The van der Waals surface area contributed by atoms with Crippen molar-refractivity contribution >= 4 is 40.7 Å². The highest BCUT2D eigenvalue weighted by molar-refractivity contribution is 6.40. The van der Waals surface area contributed by atoms with Crippen molar-refractivity contribution in [1.29, 1.82) is 0 Å². The van der Waals surface area contributed by atoms with Gasteiger partial charge in [0.25, 0.3) is 0 Å². The standard InChI is InChI=1S/C16H12Cl2N2O4/c17-10-4-11(18)6-12(5-10)20-16(22)15(21)19-7-9-1-2-13-14(3-9)24-8-23-13/h1-6H,7-8H2,(H,19,21)(H,20,22). The van der Waals surface area contributed by atoms with Gasteiger partial charge < -0.3 is 20.1 Å². The lowest BCUT2D eigenvalue weighted by atomic mass is 10.2. The van der Waals surface area contributed by atoms with E-state index in [2.05, 4.69) is 10.6 Å². The Balaban J connectivity index is 1.57. The molecule has 0 bridgehead atoms. The van der Waals surface area contributed by atoms with Crippen LogP contribution in [-0.2, 0) is 16.1 Å². The summed E-state index contributed by atoms with van der Waals surface area (Å²) in [4.78, 5) is 23.8. The first-order valence-electron chi connectivity index (χ1n) is 6.95. The molecule has 0 spiro atoms. The van der Waals surface area contributed by atoms with Crippen LogP contribution in [0.1, 0.15) is 5.56 Å². The molecule has 0 unspecified atom stereocenters. The lowest BCUT2D eigenvalue weighted by molar-refractivity contribution is -0.136. The SMILES string of the molecule is O=C(NCc1ccc2c(c1)OCO2)C(=O)Nc1cc(Cl)cc(Cl)c1. The summed E-state index contributed by atoms with van der Waals surface area (Å²) in [5.74, 6) is -0.321. The Bertz CT molecular complexity index is 790. The monoisotopic (exact) mass is 366 g/mol. The number of rotatable bonds is 3. The van der Waals surface area contributed by atoms with E-state index in [1.807, 2.05) is 0 Å². The summed E-state index contributed by atoms with van der Waals surface area (Å²) in [6, 6.07) is 9.79. The molecule has 0 saturated carbocycles. The van der Waals surface area contributed by atoms with Gasteiger partial charge in [0.2, 0.25) is 6.79 Å². The van der Waals surface area contributed by atoms with E-state index in [1.54, 1.807) is 18.2 Å². The average molecular weight is 367 g/mol. The molecule has 6 nitrogen and oxygen atoms in total. The Morgan fingerprint density at radius 2 is 1.67 bits per heavy atom. The molecule has 1 aliphatic rings. The fourth-order valence-electron chi connectivity index (χ4n) is 2.13. The molecular formula is C16H12Cl2N2O4. The van der Waals surface area contributed by atoms with Gasteiger partial charge in [-0.3, -0.25) is 9.59 Å². The fraction of sp³-hybridized carbons (Fsp3) is 0.125. The van der Waals surface area contributed by atoms with E-state index in [4.69, 9.17) is 32.7 Å². The van der Waals surface area contributed by atoms with E-state index < -0.39 is 11.8 Å². The minimum atomic E-state index is -0.811. The maximum Gasteiger partial charge on any atom is 0.313 e. The van der Waals surface area contributed by atoms with Crippen molar-refractivity contribution in [1.82, 2.24) is 5.32 Å². The van der Waals surface area contributed by atoms with Crippen LogP contribution in [0.5, 0.6) is 11.5 Å². The normalized spacial score (nSPS) is 11.9. The minimum absolute atomic E-state index is 0.176. The summed E-state index contributed by atoms with van der Waals surface area (Å²) in [6.07, 6.45) is 0. The van der Waals surface area contributed by atoms with Crippen molar-refractivity contribution in [2.75, 3.05) is 12.1 Å². The first-order valence-corrected chi connectivity index (χ1v) is 7.70. The second kappa shape index (κ2) is 6.98. The van der Waals surface area contributed by atoms with Crippen molar-refractivity contribution in [3.8, 4) is 11.5 Å². The molecule has 0 aliphatic carbocycles. The number of hydrogen-bond donors (Lipinski definition) is 2. The summed E-state index contributed by atoms with van der Waals surface area (Å²) in [5, 5.41) is 5.68. The van der Waals surface area contributed by atoms with Crippen LogP contribution in [-0.4, -0.2) is 18.6 Å². The summed E-state index contributed by atoms with van der Waals surface area (Å²) in [6.45, 7) is 0.356. The zero-order chi connectivity index (χ0) is 17.1. The molecule has 1 aliphatic heterocycles. The predicted molar refractivity (Wildman–Crippen MR) is 89.5 cm³/mol. The number of benzene rings is 2. The number of fused-ring (bicyclic) bond motifs is 1. The van der Waals surface area contributed by atoms with Gasteiger partial charge in [0.1, 0.15) is 0 Å². The Morgan fingerprint density at radius 1 is 0.958 bits per heavy atom. The molecule has 0 fully saturated rings. The third kappa shape index (κ3) is 3.90. The quantitative estimate of drug-likeness (QED) is 0.818.